The Morgan fingerprint density at radius 2 is 2.00 bits per heavy atom. The number of esters is 2. The average molecular weight is 366 g/mol. The van der Waals surface area contributed by atoms with Gasteiger partial charge in [-0.25, -0.2) is 0 Å². The number of hydrogen-bond acceptors (Lipinski definition) is 7. The van der Waals surface area contributed by atoms with E-state index in [2.05, 4.69) is 0 Å². The van der Waals surface area contributed by atoms with Crippen LogP contribution in [0.3, 0.4) is 0 Å². The fourth-order valence-electron chi connectivity index (χ4n) is 4.57. The van der Waals surface area contributed by atoms with Crippen LogP contribution in [-0.4, -0.2) is 53.3 Å². The fraction of sp³-hybridized carbons (Fsp3) is 0.737. The molecule has 0 radical (unpaired) electrons. The molecule has 0 aromatic heterocycles. The van der Waals surface area contributed by atoms with Crippen LogP contribution in [0.4, 0.5) is 0 Å². The zero-order chi connectivity index (χ0) is 19.3. The van der Waals surface area contributed by atoms with Crippen LogP contribution in [0.2, 0.25) is 0 Å². The van der Waals surface area contributed by atoms with Crippen LogP contribution >= 0.6 is 0 Å². The minimum Gasteiger partial charge on any atom is -0.465 e. The average Bonchev–Trinajstić information content (AvgIpc) is 2.91. The summed E-state index contributed by atoms with van der Waals surface area (Å²) >= 11 is 0. The topological polar surface area (TPSA) is 102 Å². The summed E-state index contributed by atoms with van der Waals surface area (Å²) in [6.07, 6.45) is 3.41. The van der Waals surface area contributed by atoms with E-state index < -0.39 is 34.5 Å². The number of carbonyl (C=O) groups is 3. The molecule has 144 valence electrons. The molecule has 2 fully saturated rings. The van der Waals surface area contributed by atoms with Crippen molar-refractivity contribution >= 4 is 17.7 Å². The van der Waals surface area contributed by atoms with Crippen molar-refractivity contribution in [1.82, 2.24) is 0 Å². The number of allylic oxidation sites excluding steroid dienone is 1. The number of rotatable bonds is 6. The molecule has 2 aliphatic carbocycles. The van der Waals surface area contributed by atoms with Gasteiger partial charge in [0.25, 0.3) is 0 Å². The van der Waals surface area contributed by atoms with E-state index in [0.29, 0.717) is 12.0 Å². The predicted molar refractivity (Wildman–Crippen MR) is 90.0 cm³/mol. The molecule has 0 spiro atoms. The van der Waals surface area contributed by atoms with Crippen molar-refractivity contribution in [3.63, 3.8) is 0 Å². The third-order valence-corrected chi connectivity index (χ3v) is 6.32. The van der Waals surface area contributed by atoms with Crippen LogP contribution in [0.15, 0.2) is 11.6 Å². The van der Waals surface area contributed by atoms with Crippen LogP contribution in [0.25, 0.3) is 0 Å². The molecule has 1 saturated carbocycles. The van der Waals surface area contributed by atoms with Gasteiger partial charge in [-0.3, -0.25) is 14.4 Å². The number of aliphatic hydroxyl groups is 1. The van der Waals surface area contributed by atoms with Crippen molar-refractivity contribution in [1.29, 1.82) is 0 Å². The summed E-state index contributed by atoms with van der Waals surface area (Å²) in [5, 5.41) is 10.7. The molecule has 0 unspecified atom stereocenters. The number of ether oxygens (including phenoxy) is 3. The molecular formula is C19H26O7. The van der Waals surface area contributed by atoms with E-state index in [1.54, 1.807) is 0 Å². The minimum atomic E-state index is -1.41. The molecule has 5 atom stereocenters. The highest BCUT2D eigenvalue weighted by molar-refractivity contribution is 5.96. The third-order valence-electron chi connectivity index (χ3n) is 6.32. The second-order valence-corrected chi connectivity index (χ2v) is 8.07. The van der Waals surface area contributed by atoms with Crippen LogP contribution in [0.5, 0.6) is 0 Å². The van der Waals surface area contributed by atoms with E-state index >= 15 is 0 Å². The summed E-state index contributed by atoms with van der Waals surface area (Å²) in [5.74, 6) is -1.42. The highest BCUT2D eigenvalue weighted by Gasteiger charge is 2.73. The Morgan fingerprint density at radius 1 is 1.35 bits per heavy atom. The summed E-state index contributed by atoms with van der Waals surface area (Å²) < 4.78 is 16.1. The Balaban J connectivity index is 1.81. The van der Waals surface area contributed by atoms with Crippen LogP contribution < -0.4 is 0 Å². The lowest BCUT2D eigenvalue weighted by molar-refractivity contribution is -0.151. The molecule has 3 rings (SSSR count). The number of fused-ring (bicyclic) bond motifs is 1. The van der Waals surface area contributed by atoms with Gasteiger partial charge in [0, 0.05) is 25.2 Å². The van der Waals surface area contributed by atoms with Crippen LogP contribution in [0, 0.1) is 11.3 Å². The van der Waals surface area contributed by atoms with E-state index in [1.165, 1.54) is 26.8 Å². The van der Waals surface area contributed by atoms with Crippen molar-refractivity contribution in [2.24, 2.45) is 11.3 Å². The van der Waals surface area contributed by atoms with Gasteiger partial charge in [0.1, 0.15) is 24.4 Å². The zero-order valence-electron chi connectivity index (χ0n) is 15.7. The van der Waals surface area contributed by atoms with Crippen LogP contribution in [0.1, 0.15) is 47.0 Å². The fourth-order valence-corrected chi connectivity index (χ4v) is 4.57. The molecule has 7 heteroatoms. The maximum atomic E-state index is 12.8. The Bertz CT molecular complexity index is 677. The van der Waals surface area contributed by atoms with Crippen molar-refractivity contribution in [2.45, 2.75) is 64.3 Å². The van der Waals surface area contributed by atoms with E-state index in [1.807, 2.05) is 6.92 Å². The van der Waals surface area contributed by atoms with E-state index in [9.17, 15) is 19.5 Å². The lowest BCUT2D eigenvalue weighted by Crippen LogP contribution is -2.47. The minimum absolute atomic E-state index is 0.0801. The van der Waals surface area contributed by atoms with Gasteiger partial charge in [0.05, 0.1) is 6.10 Å². The smallest absolute Gasteiger partial charge is 0.302 e. The van der Waals surface area contributed by atoms with Gasteiger partial charge in [0.2, 0.25) is 0 Å². The molecule has 1 saturated heterocycles. The largest absolute Gasteiger partial charge is 0.465 e. The predicted octanol–water partition coefficient (Wildman–Crippen LogP) is 1.32. The van der Waals surface area contributed by atoms with Gasteiger partial charge in [0.15, 0.2) is 5.78 Å². The Kier molecular flexibility index (Phi) is 4.51. The molecule has 1 aliphatic heterocycles. The van der Waals surface area contributed by atoms with Crippen molar-refractivity contribution in [3.8, 4) is 0 Å². The first kappa shape index (κ1) is 19.0. The van der Waals surface area contributed by atoms with Gasteiger partial charge in [-0.2, -0.15) is 0 Å². The standard InChI is InChI=1S/C19H26O7/c1-11(20)24-9-17(3,23)13-7-14(15(22)8-13)19(10-25-12(2)21)6-5-16-18(19,4)26-16/h8,14,16,23H,5-7,9-10H2,1-4H3/t14-,16+,17-,18+,19+/m1/s1. The molecule has 0 aromatic rings. The number of hydrogen-bond donors (Lipinski definition) is 1. The molecule has 1 heterocycles. The lowest BCUT2D eigenvalue weighted by atomic mass is 9.66. The molecule has 0 aromatic carbocycles. The van der Waals surface area contributed by atoms with Gasteiger partial charge >= 0.3 is 11.9 Å². The number of ketones is 1. The quantitative estimate of drug-likeness (QED) is 0.558. The number of carbonyl (C=O) groups excluding carboxylic acids is 3. The van der Waals surface area contributed by atoms with Gasteiger partial charge in [-0.05, 0) is 44.8 Å². The Labute approximate surface area is 152 Å². The van der Waals surface area contributed by atoms with Gasteiger partial charge in [-0.15, -0.1) is 0 Å². The molecule has 0 bridgehead atoms. The molecule has 1 N–H and O–H groups in total. The zero-order valence-corrected chi connectivity index (χ0v) is 15.7. The summed E-state index contributed by atoms with van der Waals surface area (Å²) in [6, 6.07) is 0. The van der Waals surface area contributed by atoms with Crippen molar-refractivity contribution in [2.75, 3.05) is 13.2 Å². The first-order valence-electron chi connectivity index (χ1n) is 8.94. The highest BCUT2D eigenvalue weighted by Crippen LogP contribution is 2.65. The first-order chi connectivity index (χ1) is 12.0. The summed E-state index contributed by atoms with van der Waals surface area (Å²) in [7, 11) is 0. The summed E-state index contributed by atoms with van der Waals surface area (Å²) in [5.41, 5.74) is -1.98. The third kappa shape index (κ3) is 2.97. The van der Waals surface area contributed by atoms with Gasteiger partial charge < -0.3 is 19.3 Å². The second kappa shape index (κ2) is 6.16. The molecule has 0 amide bonds. The first-order valence-corrected chi connectivity index (χ1v) is 8.94. The van der Waals surface area contributed by atoms with E-state index in [-0.39, 0.29) is 25.1 Å². The lowest BCUT2D eigenvalue weighted by Gasteiger charge is -2.39. The Morgan fingerprint density at radius 3 is 2.50 bits per heavy atom. The normalized spacial score (nSPS) is 37.6. The monoisotopic (exact) mass is 366 g/mol. The maximum absolute atomic E-state index is 12.8. The highest BCUT2D eigenvalue weighted by atomic mass is 16.6. The van der Waals surface area contributed by atoms with Crippen molar-refractivity contribution < 1.29 is 33.7 Å². The maximum Gasteiger partial charge on any atom is 0.302 e. The summed E-state index contributed by atoms with van der Waals surface area (Å²) in [4.78, 5) is 35.3. The SMILES string of the molecule is CC(=O)OC[C@]1([C@@H]2CC([C@](C)(O)COC(C)=O)=CC2=O)CC[C@@H]2O[C@@]21C. The number of epoxide rings is 1. The Hall–Kier alpha value is -1.73. The van der Waals surface area contributed by atoms with E-state index in [4.69, 9.17) is 14.2 Å². The van der Waals surface area contributed by atoms with Crippen molar-refractivity contribution in [3.05, 3.63) is 11.6 Å². The summed E-state index contributed by atoms with van der Waals surface area (Å²) in [6.45, 7) is 6.03. The molecule has 3 aliphatic rings. The van der Waals surface area contributed by atoms with Gasteiger partial charge in [-0.1, -0.05) is 0 Å². The second-order valence-electron chi connectivity index (χ2n) is 8.07. The molecule has 26 heavy (non-hydrogen) atoms. The van der Waals surface area contributed by atoms with E-state index in [0.717, 1.165) is 12.8 Å². The molecule has 7 nitrogen and oxygen atoms in total. The van der Waals surface area contributed by atoms with Crippen LogP contribution in [-0.2, 0) is 28.6 Å². The molecular weight excluding hydrogens is 340 g/mol.